The van der Waals surface area contributed by atoms with E-state index in [0.29, 0.717) is 16.9 Å². The first kappa shape index (κ1) is 21.4. The van der Waals surface area contributed by atoms with Gasteiger partial charge in [0.05, 0.1) is 11.1 Å². The molecule has 1 saturated heterocycles. The lowest BCUT2D eigenvalue weighted by Gasteiger charge is -2.43. The van der Waals surface area contributed by atoms with Crippen LogP contribution < -0.4 is 21.0 Å². The lowest BCUT2D eigenvalue weighted by molar-refractivity contribution is -0.787. The first-order chi connectivity index (χ1) is 13.4. The largest absolute Gasteiger partial charge is 0.481 e. The molecule has 0 bridgehead atoms. The number of carbonyl (C=O) groups excluding carboxylic acids is 1. The number of piperidine rings is 1. The molecule has 0 spiro atoms. The van der Waals surface area contributed by atoms with Crippen LogP contribution in [0.15, 0.2) is 27.4 Å². The summed E-state index contributed by atoms with van der Waals surface area (Å²) in [6, 6.07) is 5.46. The Bertz CT molecular complexity index is 974. The molecular weight excluding hydrogens is 368 g/mol. The maximum absolute atomic E-state index is 12.7. The number of rotatable bonds is 4. The minimum atomic E-state index is -0.650. The molecule has 158 valence electrons. The second-order valence-electron chi connectivity index (χ2n) is 9.79. The monoisotopic (exact) mass is 401 g/mol. The molecule has 0 aliphatic carbocycles. The zero-order valence-electron chi connectivity index (χ0n) is 18.5. The fourth-order valence-corrected chi connectivity index (χ4v) is 4.70. The Morgan fingerprint density at radius 1 is 1.17 bits per heavy atom. The maximum Gasteiger partial charge on any atom is 0.339 e. The summed E-state index contributed by atoms with van der Waals surface area (Å²) in [7, 11) is 0. The van der Waals surface area contributed by atoms with Crippen molar-refractivity contribution in [2.75, 3.05) is 0 Å². The third-order valence-corrected chi connectivity index (χ3v) is 5.78. The van der Waals surface area contributed by atoms with Gasteiger partial charge in [0.15, 0.2) is 6.10 Å². The van der Waals surface area contributed by atoms with Gasteiger partial charge in [0.1, 0.15) is 11.3 Å². The van der Waals surface area contributed by atoms with E-state index in [1.54, 1.807) is 26.0 Å². The normalized spacial score (nSPS) is 19.7. The van der Waals surface area contributed by atoms with Crippen LogP contribution in [0.3, 0.4) is 0 Å². The lowest BCUT2D eigenvalue weighted by Crippen LogP contribution is -3.06. The smallest absolute Gasteiger partial charge is 0.339 e. The van der Waals surface area contributed by atoms with Crippen LogP contribution in [0.4, 0.5) is 0 Å². The lowest BCUT2D eigenvalue weighted by atomic mass is 9.79. The third-order valence-electron chi connectivity index (χ3n) is 5.78. The molecule has 1 atom stereocenters. The summed E-state index contributed by atoms with van der Waals surface area (Å²) in [4.78, 5) is 24.7. The van der Waals surface area contributed by atoms with E-state index in [-0.39, 0.29) is 28.7 Å². The molecule has 6 heteroatoms. The van der Waals surface area contributed by atoms with Crippen LogP contribution in [0.5, 0.6) is 5.75 Å². The van der Waals surface area contributed by atoms with Gasteiger partial charge >= 0.3 is 5.63 Å². The SMILES string of the molecule is Cc1c(C)c2ccc(O[C@H](C)C(=O)NC3CC(C)(C)[NH2+]C(C)(C)C3)cc2oc1=O. The molecular formula is C23H33N2O4+. The number of hydrogen-bond donors (Lipinski definition) is 2. The van der Waals surface area contributed by atoms with Crippen molar-refractivity contribution >= 4 is 16.9 Å². The Labute approximate surface area is 172 Å². The minimum Gasteiger partial charge on any atom is -0.481 e. The molecule has 1 aliphatic rings. The van der Waals surface area contributed by atoms with Gasteiger partial charge in [-0.25, -0.2) is 4.79 Å². The highest BCUT2D eigenvalue weighted by Crippen LogP contribution is 2.25. The molecule has 1 aromatic heterocycles. The first-order valence-electron chi connectivity index (χ1n) is 10.3. The van der Waals surface area contributed by atoms with E-state index < -0.39 is 6.10 Å². The molecule has 1 amide bonds. The second kappa shape index (κ2) is 7.48. The van der Waals surface area contributed by atoms with Crippen molar-refractivity contribution in [2.24, 2.45) is 0 Å². The molecule has 3 rings (SSSR count). The fraction of sp³-hybridized carbons (Fsp3) is 0.565. The van der Waals surface area contributed by atoms with Crippen molar-refractivity contribution in [1.29, 1.82) is 0 Å². The number of aryl methyl sites for hydroxylation is 1. The van der Waals surface area contributed by atoms with E-state index >= 15 is 0 Å². The van der Waals surface area contributed by atoms with Crippen LogP contribution in [0.2, 0.25) is 0 Å². The molecule has 1 aromatic carbocycles. The summed E-state index contributed by atoms with van der Waals surface area (Å²) in [5, 5.41) is 6.41. The van der Waals surface area contributed by atoms with Gasteiger partial charge in [0, 0.05) is 35.9 Å². The third kappa shape index (κ3) is 4.81. The molecule has 6 nitrogen and oxygen atoms in total. The predicted molar refractivity (Wildman–Crippen MR) is 113 cm³/mol. The number of quaternary nitrogens is 1. The number of amides is 1. The molecule has 2 aromatic rings. The Hall–Kier alpha value is -2.34. The number of benzene rings is 1. The standard InChI is InChI=1S/C23H32N2O4/c1-13-14(2)21(27)29-19-10-17(8-9-18(13)19)28-15(3)20(26)24-16-11-22(4,5)25-23(6,7)12-16/h8-10,15-16,25H,11-12H2,1-7H3,(H,24,26)/p+1/t15-/m1/s1. The van der Waals surface area contributed by atoms with Crippen LogP contribution in [0.25, 0.3) is 11.0 Å². The molecule has 3 N–H and O–H groups in total. The number of fused-ring (bicyclic) bond motifs is 1. The Morgan fingerprint density at radius 3 is 2.41 bits per heavy atom. The minimum absolute atomic E-state index is 0.0790. The summed E-state index contributed by atoms with van der Waals surface area (Å²) < 4.78 is 11.2. The van der Waals surface area contributed by atoms with E-state index in [0.717, 1.165) is 23.8 Å². The highest BCUT2D eigenvalue weighted by molar-refractivity contribution is 5.83. The van der Waals surface area contributed by atoms with Crippen LogP contribution in [0.1, 0.15) is 58.6 Å². The van der Waals surface area contributed by atoms with Gasteiger partial charge in [-0.15, -0.1) is 0 Å². The van der Waals surface area contributed by atoms with Crippen molar-refractivity contribution in [3.63, 3.8) is 0 Å². The molecule has 29 heavy (non-hydrogen) atoms. The van der Waals surface area contributed by atoms with Crippen molar-refractivity contribution in [2.45, 2.75) is 84.5 Å². The second-order valence-corrected chi connectivity index (χ2v) is 9.79. The molecule has 0 unspecified atom stereocenters. The van der Waals surface area contributed by atoms with Crippen LogP contribution in [-0.4, -0.2) is 29.1 Å². The Kier molecular flexibility index (Phi) is 5.52. The average molecular weight is 402 g/mol. The van der Waals surface area contributed by atoms with Crippen molar-refractivity contribution < 1.29 is 19.3 Å². The van der Waals surface area contributed by atoms with Crippen LogP contribution in [-0.2, 0) is 4.79 Å². The van der Waals surface area contributed by atoms with Crippen molar-refractivity contribution in [3.8, 4) is 5.75 Å². The molecule has 0 radical (unpaired) electrons. The van der Waals surface area contributed by atoms with E-state index in [1.165, 1.54) is 0 Å². The van der Waals surface area contributed by atoms with Gasteiger partial charge in [0.2, 0.25) is 0 Å². The molecule has 0 saturated carbocycles. The van der Waals surface area contributed by atoms with Crippen LogP contribution in [0, 0.1) is 13.8 Å². The first-order valence-corrected chi connectivity index (χ1v) is 10.3. The van der Waals surface area contributed by atoms with Crippen LogP contribution >= 0.6 is 0 Å². The van der Waals surface area contributed by atoms with Gasteiger partial charge in [-0.2, -0.15) is 0 Å². The number of ether oxygens (including phenoxy) is 1. The van der Waals surface area contributed by atoms with Gasteiger partial charge in [-0.1, -0.05) is 0 Å². The molecule has 1 aliphatic heterocycles. The summed E-state index contributed by atoms with van der Waals surface area (Å²) >= 11 is 0. The Morgan fingerprint density at radius 2 is 1.79 bits per heavy atom. The van der Waals surface area contributed by atoms with E-state index in [1.807, 2.05) is 13.0 Å². The highest BCUT2D eigenvalue weighted by Gasteiger charge is 2.42. The van der Waals surface area contributed by atoms with E-state index in [2.05, 4.69) is 38.3 Å². The number of hydrogen-bond acceptors (Lipinski definition) is 4. The topological polar surface area (TPSA) is 85.2 Å². The number of nitrogens with one attached hydrogen (secondary N) is 1. The number of carbonyl (C=O) groups is 1. The Balaban J connectivity index is 1.71. The summed E-state index contributed by atoms with van der Waals surface area (Å²) in [5.41, 5.74) is 1.78. The van der Waals surface area contributed by atoms with Crippen molar-refractivity contribution in [3.05, 3.63) is 39.7 Å². The zero-order chi connectivity index (χ0) is 21.6. The van der Waals surface area contributed by atoms with Gasteiger partial charge in [-0.05, 0) is 66.2 Å². The summed E-state index contributed by atoms with van der Waals surface area (Å²) in [5.74, 6) is 0.370. The van der Waals surface area contributed by atoms with Gasteiger partial charge < -0.3 is 19.8 Å². The fourth-order valence-electron chi connectivity index (χ4n) is 4.70. The average Bonchev–Trinajstić information content (AvgIpc) is 2.56. The predicted octanol–water partition coefficient (Wildman–Crippen LogP) is 2.58. The van der Waals surface area contributed by atoms with Crippen molar-refractivity contribution in [1.82, 2.24) is 5.32 Å². The van der Waals surface area contributed by atoms with E-state index in [9.17, 15) is 9.59 Å². The highest BCUT2D eigenvalue weighted by atomic mass is 16.5. The maximum atomic E-state index is 12.7. The number of nitrogens with two attached hydrogens (primary N) is 1. The zero-order valence-corrected chi connectivity index (χ0v) is 18.5. The van der Waals surface area contributed by atoms with Gasteiger partial charge in [0.25, 0.3) is 5.91 Å². The van der Waals surface area contributed by atoms with Gasteiger partial charge in [-0.3, -0.25) is 4.79 Å². The molecule has 1 fully saturated rings. The summed E-state index contributed by atoms with van der Waals surface area (Å²) in [6.45, 7) is 14.2. The van der Waals surface area contributed by atoms with E-state index in [4.69, 9.17) is 9.15 Å². The molecule has 2 heterocycles. The summed E-state index contributed by atoms with van der Waals surface area (Å²) in [6.07, 6.45) is 1.17. The quantitative estimate of drug-likeness (QED) is 0.771.